The van der Waals surface area contributed by atoms with E-state index in [2.05, 4.69) is 9.97 Å². The van der Waals surface area contributed by atoms with Gasteiger partial charge in [0.2, 0.25) is 5.95 Å². The van der Waals surface area contributed by atoms with Gasteiger partial charge in [0.15, 0.2) is 5.82 Å². The number of rotatable bonds is 4. The van der Waals surface area contributed by atoms with Gasteiger partial charge in [-0.15, -0.1) is 0 Å². The third-order valence-electron chi connectivity index (χ3n) is 3.39. The normalized spacial score (nSPS) is 18.3. The van der Waals surface area contributed by atoms with Crippen LogP contribution in [0.25, 0.3) is 0 Å². The third-order valence-corrected chi connectivity index (χ3v) is 3.39. The van der Waals surface area contributed by atoms with Crippen LogP contribution in [0, 0.1) is 5.82 Å². The molecule has 0 atom stereocenters. The van der Waals surface area contributed by atoms with Gasteiger partial charge >= 0.3 is 0 Å². The van der Waals surface area contributed by atoms with E-state index >= 15 is 0 Å². The monoisotopic (exact) mass is 239 g/mol. The maximum absolute atomic E-state index is 12.7. The van der Waals surface area contributed by atoms with Crippen molar-refractivity contribution in [2.24, 2.45) is 0 Å². The summed E-state index contributed by atoms with van der Waals surface area (Å²) in [6.07, 6.45) is 6.99. The molecule has 1 aromatic heterocycles. The Balaban J connectivity index is 1.88. The number of nitrogens with zero attached hydrogens (tertiary/aromatic N) is 3. The van der Waals surface area contributed by atoms with E-state index in [1.807, 2.05) is 11.9 Å². The zero-order chi connectivity index (χ0) is 12.3. The third kappa shape index (κ3) is 3.12. The van der Waals surface area contributed by atoms with Gasteiger partial charge < -0.3 is 10.0 Å². The molecule has 5 heteroatoms. The van der Waals surface area contributed by atoms with Gasteiger partial charge in [-0.2, -0.15) is 0 Å². The fourth-order valence-electron chi connectivity index (χ4n) is 2.26. The highest BCUT2D eigenvalue weighted by Crippen LogP contribution is 2.32. The van der Waals surface area contributed by atoms with E-state index < -0.39 is 11.4 Å². The first-order chi connectivity index (χ1) is 8.09. The Bertz CT molecular complexity index is 363. The van der Waals surface area contributed by atoms with Crippen LogP contribution in [0.1, 0.15) is 32.1 Å². The molecule has 0 unspecified atom stereocenters. The van der Waals surface area contributed by atoms with Crippen LogP contribution in [0.3, 0.4) is 0 Å². The van der Waals surface area contributed by atoms with E-state index in [4.69, 9.17) is 0 Å². The number of aromatic nitrogens is 2. The van der Waals surface area contributed by atoms with Gasteiger partial charge in [0, 0.05) is 13.6 Å². The molecule has 1 aromatic rings. The van der Waals surface area contributed by atoms with Gasteiger partial charge in [-0.3, -0.25) is 0 Å². The molecule has 1 aliphatic rings. The molecule has 0 amide bonds. The van der Waals surface area contributed by atoms with Gasteiger partial charge in [-0.1, -0.05) is 12.8 Å². The Kier molecular flexibility index (Phi) is 3.57. The van der Waals surface area contributed by atoms with Crippen LogP contribution >= 0.6 is 0 Å². The van der Waals surface area contributed by atoms with Gasteiger partial charge in [-0.25, -0.2) is 14.4 Å². The molecule has 1 saturated carbocycles. The zero-order valence-corrected chi connectivity index (χ0v) is 10.1. The fraction of sp³-hybridized carbons (Fsp3) is 0.667. The Labute approximate surface area is 101 Å². The molecule has 1 N–H and O–H groups in total. The topological polar surface area (TPSA) is 49.2 Å². The van der Waals surface area contributed by atoms with Gasteiger partial charge in [0.1, 0.15) is 0 Å². The van der Waals surface area contributed by atoms with E-state index in [-0.39, 0.29) is 0 Å². The summed E-state index contributed by atoms with van der Waals surface area (Å²) in [5, 5.41) is 10.2. The Morgan fingerprint density at radius 2 is 1.94 bits per heavy atom. The van der Waals surface area contributed by atoms with Crippen molar-refractivity contribution in [3.8, 4) is 0 Å². The van der Waals surface area contributed by atoms with Crippen LogP contribution in [0.4, 0.5) is 10.3 Å². The second-order valence-corrected chi connectivity index (χ2v) is 4.80. The van der Waals surface area contributed by atoms with Crippen LogP contribution in [0.5, 0.6) is 0 Å². The Morgan fingerprint density at radius 3 is 2.53 bits per heavy atom. The molecule has 0 bridgehead atoms. The summed E-state index contributed by atoms with van der Waals surface area (Å²) >= 11 is 0. The smallest absolute Gasteiger partial charge is 0.225 e. The molecule has 1 fully saturated rings. The van der Waals surface area contributed by atoms with Crippen LogP contribution in [0.15, 0.2) is 12.4 Å². The van der Waals surface area contributed by atoms with Crippen molar-refractivity contribution in [3.63, 3.8) is 0 Å². The van der Waals surface area contributed by atoms with Crippen LogP contribution in [0.2, 0.25) is 0 Å². The standard InChI is InChI=1S/C12H18FN3O/c1-16(11-14-8-10(13)9-15-11)7-6-12(17)4-2-3-5-12/h8-9,17H,2-7H2,1H3. The summed E-state index contributed by atoms with van der Waals surface area (Å²) in [5.41, 5.74) is -0.520. The minimum Gasteiger partial charge on any atom is -0.390 e. The summed E-state index contributed by atoms with van der Waals surface area (Å²) in [4.78, 5) is 9.65. The average molecular weight is 239 g/mol. The minimum absolute atomic E-state index is 0.434. The largest absolute Gasteiger partial charge is 0.390 e. The van der Waals surface area contributed by atoms with E-state index in [1.54, 1.807) is 0 Å². The van der Waals surface area contributed by atoms with Gasteiger partial charge in [0.05, 0.1) is 18.0 Å². The number of halogens is 1. The van der Waals surface area contributed by atoms with Crippen molar-refractivity contribution in [2.45, 2.75) is 37.7 Å². The minimum atomic E-state index is -0.520. The van der Waals surface area contributed by atoms with Crippen molar-refractivity contribution in [1.29, 1.82) is 0 Å². The molecule has 0 saturated heterocycles. The molecule has 17 heavy (non-hydrogen) atoms. The molecule has 0 aromatic carbocycles. The number of hydrogen-bond donors (Lipinski definition) is 1. The zero-order valence-electron chi connectivity index (χ0n) is 10.1. The van der Waals surface area contributed by atoms with Crippen molar-refractivity contribution >= 4 is 5.95 Å². The van der Waals surface area contributed by atoms with Gasteiger partial charge in [-0.05, 0) is 19.3 Å². The lowest BCUT2D eigenvalue weighted by Gasteiger charge is -2.25. The van der Waals surface area contributed by atoms with Crippen molar-refractivity contribution in [1.82, 2.24) is 9.97 Å². The van der Waals surface area contributed by atoms with E-state index in [0.717, 1.165) is 38.1 Å². The van der Waals surface area contributed by atoms with E-state index in [9.17, 15) is 9.50 Å². The lowest BCUT2D eigenvalue weighted by atomic mass is 9.98. The molecule has 0 radical (unpaired) electrons. The molecular weight excluding hydrogens is 221 g/mol. The van der Waals surface area contributed by atoms with E-state index in [1.165, 1.54) is 0 Å². The van der Waals surface area contributed by atoms with Crippen LogP contribution in [-0.4, -0.2) is 34.3 Å². The first kappa shape index (κ1) is 12.2. The summed E-state index contributed by atoms with van der Waals surface area (Å²) < 4.78 is 12.7. The molecule has 0 spiro atoms. The highest BCUT2D eigenvalue weighted by atomic mass is 19.1. The average Bonchev–Trinajstić information content (AvgIpc) is 2.75. The summed E-state index contributed by atoms with van der Waals surface area (Å²) in [7, 11) is 1.85. The van der Waals surface area contributed by atoms with Gasteiger partial charge in [0.25, 0.3) is 0 Å². The molecule has 2 rings (SSSR count). The number of anilines is 1. The summed E-state index contributed by atoms with van der Waals surface area (Å²) in [6.45, 7) is 0.683. The fourth-order valence-corrected chi connectivity index (χ4v) is 2.26. The molecule has 4 nitrogen and oxygen atoms in total. The second-order valence-electron chi connectivity index (χ2n) is 4.80. The van der Waals surface area contributed by atoms with Crippen molar-refractivity contribution in [3.05, 3.63) is 18.2 Å². The highest BCUT2D eigenvalue weighted by Gasteiger charge is 2.30. The van der Waals surface area contributed by atoms with Crippen LogP contribution in [-0.2, 0) is 0 Å². The van der Waals surface area contributed by atoms with Crippen LogP contribution < -0.4 is 4.90 Å². The molecule has 1 aliphatic carbocycles. The van der Waals surface area contributed by atoms with Crippen molar-refractivity contribution < 1.29 is 9.50 Å². The summed E-state index contributed by atoms with van der Waals surface area (Å²) in [6, 6.07) is 0. The lowest BCUT2D eigenvalue weighted by molar-refractivity contribution is 0.0410. The molecular formula is C12H18FN3O. The Morgan fingerprint density at radius 1 is 1.35 bits per heavy atom. The summed E-state index contributed by atoms with van der Waals surface area (Å²) in [5.74, 6) is 0.0598. The maximum Gasteiger partial charge on any atom is 0.225 e. The quantitative estimate of drug-likeness (QED) is 0.869. The lowest BCUT2D eigenvalue weighted by Crippen LogP contribution is -2.31. The first-order valence-corrected chi connectivity index (χ1v) is 6.00. The Hall–Kier alpha value is -1.23. The van der Waals surface area contributed by atoms with Crippen molar-refractivity contribution in [2.75, 3.05) is 18.5 Å². The molecule has 94 valence electrons. The number of hydrogen-bond acceptors (Lipinski definition) is 4. The first-order valence-electron chi connectivity index (χ1n) is 6.00. The molecule has 1 heterocycles. The maximum atomic E-state index is 12.7. The second kappa shape index (κ2) is 4.96. The molecule has 0 aliphatic heterocycles. The highest BCUT2D eigenvalue weighted by molar-refractivity contribution is 5.26. The predicted molar refractivity (Wildman–Crippen MR) is 63.3 cm³/mol. The SMILES string of the molecule is CN(CCC1(O)CCCC1)c1ncc(F)cn1. The predicted octanol–water partition coefficient (Wildman–Crippen LogP) is 1.75. The number of aliphatic hydroxyl groups is 1. The van der Waals surface area contributed by atoms with E-state index in [0.29, 0.717) is 18.9 Å².